The molecule has 1 atom stereocenters. The first-order valence-electron chi connectivity index (χ1n) is 7.21. The maximum absolute atomic E-state index is 13.1. The first kappa shape index (κ1) is 17.8. The molecule has 24 heavy (non-hydrogen) atoms. The van der Waals surface area contributed by atoms with Crippen LogP contribution in [0.25, 0.3) is 0 Å². The summed E-state index contributed by atoms with van der Waals surface area (Å²) >= 11 is 15.8. The normalized spacial score (nSPS) is 18.3. The lowest BCUT2D eigenvalue weighted by Crippen LogP contribution is -2.29. The molecule has 0 saturated heterocycles. The molecule has 0 spiro atoms. The molecule has 1 aliphatic heterocycles. The molecular formula is C17H14BrCl2NO2S. The van der Waals surface area contributed by atoms with E-state index in [0.717, 1.165) is 15.6 Å². The highest BCUT2D eigenvalue weighted by Crippen LogP contribution is 2.45. The molecule has 2 aromatic rings. The van der Waals surface area contributed by atoms with Gasteiger partial charge in [-0.15, -0.1) is 0 Å². The number of sulfonamides is 1. The number of aryl methyl sites for hydroxylation is 1. The highest BCUT2D eigenvalue weighted by Gasteiger charge is 2.40. The lowest BCUT2D eigenvalue weighted by molar-refractivity contribution is 0.427. The second-order valence-corrected chi connectivity index (χ2v) is 9.13. The number of halogens is 3. The quantitative estimate of drug-likeness (QED) is 0.580. The lowest BCUT2D eigenvalue weighted by atomic mass is 10.1. The summed E-state index contributed by atoms with van der Waals surface area (Å²) in [5.74, 6) is 0. The number of hydrogen-bond donors (Lipinski definition) is 0. The standard InChI is InChI=1S/C17H14BrCl2NO2S/c1-11-2-8-14(9-3-11)24(22,23)21-16(10-15(19)17(21)20)12-4-6-13(18)7-5-12/h2-9,16H,10H2,1H3. The van der Waals surface area contributed by atoms with Gasteiger partial charge in [-0.25, -0.2) is 12.7 Å². The minimum atomic E-state index is -3.80. The Morgan fingerprint density at radius 2 is 1.62 bits per heavy atom. The zero-order chi connectivity index (χ0) is 17.5. The summed E-state index contributed by atoms with van der Waals surface area (Å²) in [7, 11) is -3.80. The SMILES string of the molecule is Cc1ccc(S(=O)(=O)N2C(Cl)=C(Cl)CC2c2ccc(Br)cc2)cc1. The molecule has 126 valence electrons. The summed E-state index contributed by atoms with van der Waals surface area (Å²) in [5.41, 5.74) is 1.82. The van der Waals surface area contributed by atoms with Crippen LogP contribution in [0.2, 0.25) is 0 Å². The second-order valence-electron chi connectivity index (χ2n) is 5.58. The van der Waals surface area contributed by atoms with Gasteiger partial charge in [0.1, 0.15) is 5.16 Å². The fourth-order valence-electron chi connectivity index (χ4n) is 2.63. The molecule has 3 nitrogen and oxygen atoms in total. The molecule has 1 aliphatic rings. The molecular weight excluding hydrogens is 433 g/mol. The zero-order valence-corrected chi connectivity index (χ0v) is 16.6. The van der Waals surface area contributed by atoms with Crippen LogP contribution >= 0.6 is 39.1 Å². The van der Waals surface area contributed by atoms with E-state index in [1.807, 2.05) is 31.2 Å². The largest absolute Gasteiger partial charge is 0.265 e. The third kappa shape index (κ3) is 3.23. The van der Waals surface area contributed by atoms with Gasteiger partial charge in [0.15, 0.2) is 0 Å². The van der Waals surface area contributed by atoms with E-state index in [1.54, 1.807) is 24.3 Å². The van der Waals surface area contributed by atoms with E-state index in [4.69, 9.17) is 23.2 Å². The molecule has 0 radical (unpaired) electrons. The van der Waals surface area contributed by atoms with E-state index in [1.165, 1.54) is 4.31 Å². The predicted molar refractivity (Wildman–Crippen MR) is 100 cm³/mol. The van der Waals surface area contributed by atoms with Gasteiger partial charge in [0.25, 0.3) is 10.0 Å². The van der Waals surface area contributed by atoms with Crippen LogP contribution in [-0.2, 0) is 10.0 Å². The van der Waals surface area contributed by atoms with Crippen molar-refractivity contribution in [3.05, 3.63) is 74.3 Å². The smallest absolute Gasteiger partial charge is 0.247 e. The molecule has 0 bridgehead atoms. The second kappa shape index (κ2) is 6.71. The van der Waals surface area contributed by atoms with Crippen LogP contribution in [0.4, 0.5) is 0 Å². The lowest BCUT2D eigenvalue weighted by Gasteiger charge is -2.27. The summed E-state index contributed by atoms with van der Waals surface area (Å²) in [4.78, 5) is 0.194. The maximum Gasteiger partial charge on any atom is 0.265 e. The van der Waals surface area contributed by atoms with Gasteiger partial charge in [-0.1, -0.05) is 69.0 Å². The van der Waals surface area contributed by atoms with Crippen LogP contribution in [0.1, 0.15) is 23.6 Å². The van der Waals surface area contributed by atoms with Crippen LogP contribution < -0.4 is 0 Å². The predicted octanol–water partition coefficient (Wildman–Crippen LogP) is 5.54. The first-order chi connectivity index (χ1) is 11.3. The van der Waals surface area contributed by atoms with Crippen molar-refractivity contribution < 1.29 is 8.42 Å². The molecule has 2 aromatic carbocycles. The Hall–Kier alpha value is -1.01. The summed E-state index contributed by atoms with van der Waals surface area (Å²) < 4.78 is 28.3. The molecule has 1 heterocycles. The molecule has 0 fully saturated rings. The van der Waals surface area contributed by atoms with Crippen LogP contribution in [0.3, 0.4) is 0 Å². The molecule has 0 amide bonds. The van der Waals surface area contributed by atoms with Crippen molar-refractivity contribution in [2.45, 2.75) is 24.3 Å². The van der Waals surface area contributed by atoms with Crippen LogP contribution in [-0.4, -0.2) is 12.7 Å². The van der Waals surface area contributed by atoms with Crippen LogP contribution in [0.15, 0.2) is 68.1 Å². The summed E-state index contributed by atoms with van der Waals surface area (Å²) in [6.07, 6.45) is 0.354. The molecule has 1 unspecified atom stereocenters. The average molecular weight is 447 g/mol. The first-order valence-corrected chi connectivity index (χ1v) is 10.2. The summed E-state index contributed by atoms with van der Waals surface area (Å²) in [5, 5.41) is 0.408. The topological polar surface area (TPSA) is 37.4 Å². The third-order valence-corrected chi connectivity index (χ3v) is 7.20. The minimum Gasteiger partial charge on any atom is -0.247 e. The van der Waals surface area contributed by atoms with Crippen molar-refractivity contribution in [2.24, 2.45) is 0 Å². The van der Waals surface area contributed by atoms with Gasteiger partial charge < -0.3 is 0 Å². The third-order valence-electron chi connectivity index (χ3n) is 3.91. The highest BCUT2D eigenvalue weighted by molar-refractivity contribution is 9.10. The monoisotopic (exact) mass is 445 g/mol. The molecule has 0 saturated carbocycles. The summed E-state index contributed by atoms with van der Waals surface area (Å²) in [6, 6.07) is 13.7. The Labute approximate surface area is 160 Å². The number of hydrogen-bond acceptors (Lipinski definition) is 2. The molecule has 3 rings (SSSR count). The average Bonchev–Trinajstić information content (AvgIpc) is 2.84. The minimum absolute atomic E-state index is 0.0603. The van der Waals surface area contributed by atoms with Gasteiger partial charge in [-0.05, 0) is 36.8 Å². The number of rotatable bonds is 3. The van der Waals surface area contributed by atoms with Crippen molar-refractivity contribution in [3.8, 4) is 0 Å². The summed E-state index contributed by atoms with van der Waals surface area (Å²) in [6.45, 7) is 1.90. The van der Waals surface area contributed by atoms with E-state index in [-0.39, 0.29) is 10.1 Å². The Kier molecular flexibility index (Phi) is 4.98. The van der Waals surface area contributed by atoms with Gasteiger partial charge in [0, 0.05) is 10.9 Å². The van der Waals surface area contributed by atoms with Crippen molar-refractivity contribution in [1.29, 1.82) is 0 Å². The maximum atomic E-state index is 13.1. The van der Waals surface area contributed by atoms with Crippen molar-refractivity contribution in [3.63, 3.8) is 0 Å². The van der Waals surface area contributed by atoms with Gasteiger partial charge in [0.05, 0.1) is 16.0 Å². The van der Waals surface area contributed by atoms with Crippen LogP contribution in [0.5, 0.6) is 0 Å². The van der Waals surface area contributed by atoms with Gasteiger partial charge in [-0.2, -0.15) is 0 Å². The van der Waals surface area contributed by atoms with Crippen molar-refractivity contribution in [2.75, 3.05) is 0 Å². The van der Waals surface area contributed by atoms with Crippen molar-refractivity contribution in [1.82, 2.24) is 4.31 Å². The molecule has 7 heteroatoms. The highest BCUT2D eigenvalue weighted by atomic mass is 79.9. The van der Waals surface area contributed by atoms with Crippen LogP contribution in [0, 0.1) is 6.92 Å². The zero-order valence-electron chi connectivity index (χ0n) is 12.7. The number of nitrogens with zero attached hydrogens (tertiary/aromatic N) is 1. The van der Waals surface area contributed by atoms with E-state index in [0.29, 0.717) is 11.5 Å². The van der Waals surface area contributed by atoms with Crippen molar-refractivity contribution >= 4 is 49.2 Å². The fourth-order valence-corrected chi connectivity index (χ4v) is 5.21. The van der Waals surface area contributed by atoms with E-state index >= 15 is 0 Å². The molecule has 0 aliphatic carbocycles. The van der Waals surface area contributed by atoms with E-state index in [2.05, 4.69) is 15.9 Å². The van der Waals surface area contributed by atoms with E-state index < -0.39 is 16.1 Å². The van der Waals surface area contributed by atoms with Gasteiger partial charge in [-0.3, -0.25) is 0 Å². The fraction of sp³-hybridized carbons (Fsp3) is 0.176. The Balaban J connectivity index is 2.07. The Morgan fingerprint density at radius 1 is 1.04 bits per heavy atom. The Bertz CT molecular complexity index is 893. The van der Waals surface area contributed by atoms with Gasteiger partial charge >= 0.3 is 0 Å². The van der Waals surface area contributed by atoms with E-state index in [9.17, 15) is 8.42 Å². The van der Waals surface area contributed by atoms with Gasteiger partial charge in [0.2, 0.25) is 0 Å². The molecule has 0 aromatic heterocycles. The number of benzene rings is 2. The Morgan fingerprint density at radius 3 is 2.21 bits per heavy atom. The molecule has 0 N–H and O–H groups in total.